The first kappa shape index (κ1) is 32.5. The van der Waals surface area contributed by atoms with Crippen molar-refractivity contribution in [3.05, 3.63) is 192 Å². The molecule has 2 nitrogen and oxygen atoms in total. The van der Waals surface area contributed by atoms with Crippen molar-refractivity contribution in [2.45, 2.75) is 34.6 Å². The van der Waals surface area contributed by atoms with Crippen LogP contribution in [0, 0.1) is 34.6 Å². The average molecular weight is 683 g/mol. The molecule has 9 aromatic rings. The van der Waals surface area contributed by atoms with Crippen LogP contribution in [0.5, 0.6) is 0 Å². The zero-order valence-electron chi connectivity index (χ0n) is 31.0. The summed E-state index contributed by atoms with van der Waals surface area (Å²) in [7, 11) is 0. The van der Waals surface area contributed by atoms with Crippen LogP contribution in [-0.2, 0) is 0 Å². The van der Waals surface area contributed by atoms with E-state index in [1.807, 2.05) is 0 Å². The van der Waals surface area contributed by atoms with Crippen LogP contribution in [-0.4, -0.2) is 0 Å². The van der Waals surface area contributed by atoms with E-state index in [-0.39, 0.29) is 0 Å². The Bertz CT molecular complexity index is 2500. The van der Waals surface area contributed by atoms with Gasteiger partial charge in [-0.3, -0.25) is 0 Å². The summed E-state index contributed by atoms with van der Waals surface area (Å²) in [6, 6.07) is 61.0. The molecule has 53 heavy (non-hydrogen) atoms. The number of nitrogens with zero attached hydrogens (tertiary/aromatic N) is 2. The molecule has 0 atom stereocenters. The van der Waals surface area contributed by atoms with Crippen LogP contribution in [0.25, 0.3) is 43.1 Å². The Hall–Kier alpha value is -6.38. The third-order valence-electron chi connectivity index (χ3n) is 10.6. The van der Waals surface area contributed by atoms with Gasteiger partial charge in [0.1, 0.15) is 0 Å². The molecule has 0 amide bonds. The monoisotopic (exact) mass is 682 g/mol. The first-order chi connectivity index (χ1) is 25.8. The minimum atomic E-state index is 1.11. The van der Waals surface area contributed by atoms with Crippen molar-refractivity contribution in [1.29, 1.82) is 0 Å². The van der Waals surface area contributed by atoms with Gasteiger partial charge >= 0.3 is 0 Å². The molecule has 9 aromatic carbocycles. The Labute approximate surface area is 312 Å². The number of hydrogen-bond acceptors (Lipinski definition) is 2. The molecule has 0 radical (unpaired) electrons. The number of fused-ring (bicyclic) bond motifs is 4. The van der Waals surface area contributed by atoms with Gasteiger partial charge in [0.15, 0.2) is 0 Å². The lowest BCUT2D eigenvalue weighted by molar-refractivity contribution is 1.25. The lowest BCUT2D eigenvalue weighted by Gasteiger charge is -2.32. The van der Waals surface area contributed by atoms with E-state index >= 15 is 0 Å². The second kappa shape index (κ2) is 13.0. The lowest BCUT2D eigenvalue weighted by Crippen LogP contribution is -2.15. The van der Waals surface area contributed by atoms with Gasteiger partial charge in [0.2, 0.25) is 0 Å². The molecule has 0 saturated carbocycles. The molecular formula is C51H42N2. The minimum absolute atomic E-state index is 1.11. The quantitative estimate of drug-likeness (QED) is 0.172. The Balaban J connectivity index is 1.35. The van der Waals surface area contributed by atoms with Crippen LogP contribution in [0.15, 0.2) is 164 Å². The van der Waals surface area contributed by atoms with Crippen molar-refractivity contribution in [2.24, 2.45) is 0 Å². The molecule has 0 N–H and O–H groups in total. The fourth-order valence-corrected chi connectivity index (χ4v) is 8.14. The second-order valence-electron chi connectivity index (χ2n) is 14.7. The highest BCUT2D eigenvalue weighted by Crippen LogP contribution is 2.47. The fraction of sp³-hybridized carbons (Fsp3) is 0.0980. The maximum atomic E-state index is 2.48. The van der Waals surface area contributed by atoms with Gasteiger partial charge in [0.25, 0.3) is 0 Å². The van der Waals surface area contributed by atoms with Crippen molar-refractivity contribution in [3.8, 4) is 0 Å². The van der Waals surface area contributed by atoms with Gasteiger partial charge in [0, 0.05) is 32.9 Å². The topological polar surface area (TPSA) is 6.48 Å². The summed E-state index contributed by atoms with van der Waals surface area (Å²) < 4.78 is 0. The molecular weight excluding hydrogens is 641 g/mol. The molecule has 2 heteroatoms. The number of aryl methyl sites for hydroxylation is 5. The smallest absolute Gasteiger partial charge is 0.0540 e. The van der Waals surface area contributed by atoms with E-state index in [4.69, 9.17) is 0 Å². The Morgan fingerprint density at radius 1 is 0.264 bits per heavy atom. The standard InChI is InChI=1S/C51H42N2/c1-33-18-22-44-38(26-33)10-6-14-48(44)52(49-15-7-11-39-27-34(2)19-23-45(39)49)42-30-37(5)31-43(32-42)53(50-16-8-12-40-28-35(3)20-24-46(40)50)51-17-9-13-41-29-36(4)21-25-47(41)51/h6-32H,1-5H3. The maximum Gasteiger partial charge on any atom is 0.0540 e. The molecule has 0 bridgehead atoms. The van der Waals surface area contributed by atoms with Crippen molar-refractivity contribution in [2.75, 3.05) is 9.80 Å². The van der Waals surface area contributed by atoms with Crippen molar-refractivity contribution < 1.29 is 0 Å². The number of hydrogen-bond donors (Lipinski definition) is 0. The molecule has 0 aliphatic rings. The van der Waals surface area contributed by atoms with Crippen LogP contribution in [0.3, 0.4) is 0 Å². The molecule has 0 fully saturated rings. The number of anilines is 6. The largest absolute Gasteiger partial charge is 0.309 e. The van der Waals surface area contributed by atoms with Gasteiger partial charge in [-0.05, 0) is 104 Å². The predicted octanol–water partition coefficient (Wildman–Crippen LogP) is 14.8. The van der Waals surface area contributed by atoms with E-state index in [0.717, 1.165) is 34.1 Å². The molecule has 9 rings (SSSR count). The summed E-state index contributed by atoms with van der Waals surface area (Å²) in [6.45, 7) is 10.9. The van der Waals surface area contributed by atoms with Gasteiger partial charge in [-0.2, -0.15) is 0 Å². The molecule has 256 valence electrons. The molecule has 0 aliphatic heterocycles. The van der Waals surface area contributed by atoms with Crippen molar-refractivity contribution in [1.82, 2.24) is 0 Å². The van der Waals surface area contributed by atoms with Crippen LogP contribution < -0.4 is 9.80 Å². The van der Waals surface area contributed by atoms with Crippen LogP contribution in [0.2, 0.25) is 0 Å². The molecule has 0 heterocycles. The highest BCUT2D eigenvalue weighted by atomic mass is 15.2. The van der Waals surface area contributed by atoms with Gasteiger partial charge in [-0.15, -0.1) is 0 Å². The minimum Gasteiger partial charge on any atom is -0.309 e. The zero-order valence-corrected chi connectivity index (χ0v) is 31.0. The van der Waals surface area contributed by atoms with Gasteiger partial charge in [-0.25, -0.2) is 0 Å². The van der Waals surface area contributed by atoms with Crippen molar-refractivity contribution >= 4 is 77.2 Å². The van der Waals surface area contributed by atoms with Gasteiger partial charge < -0.3 is 9.80 Å². The third kappa shape index (κ3) is 5.87. The van der Waals surface area contributed by atoms with Gasteiger partial charge in [0.05, 0.1) is 22.7 Å². The molecule has 0 spiro atoms. The average Bonchev–Trinajstić information content (AvgIpc) is 3.14. The Morgan fingerprint density at radius 2 is 0.547 bits per heavy atom. The number of rotatable bonds is 6. The summed E-state index contributed by atoms with van der Waals surface area (Å²) in [5, 5.41) is 9.80. The highest BCUT2D eigenvalue weighted by Gasteiger charge is 2.23. The van der Waals surface area contributed by atoms with E-state index in [0.29, 0.717) is 0 Å². The summed E-state index contributed by atoms with van der Waals surface area (Å²) in [6.07, 6.45) is 0. The van der Waals surface area contributed by atoms with E-state index in [1.54, 1.807) is 0 Å². The maximum absolute atomic E-state index is 2.48. The van der Waals surface area contributed by atoms with Crippen LogP contribution in [0.4, 0.5) is 34.1 Å². The summed E-state index contributed by atoms with van der Waals surface area (Å²) in [5.74, 6) is 0. The first-order valence-corrected chi connectivity index (χ1v) is 18.5. The predicted molar refractivity (Wildman–Crippen MR) is 230 cm³/mol. The molecule has 0 unspecified atom stereocenters. The summed E-state index contributed by atoms with van der Waals surface area (Å²) in [4.78, 5) is 4.95. The lowest BCUT2D eigenvalue weighted by atomic mass is 10.00. The Kier molecular flexibility index (Phi) is 7.97. The van der Waals surface area contributed by atoms with E-state index in [1.165, 1.54) is 70.9 Å². The highest BCUT2D eigenvalue weighted by molar-refractivity contribution is 6.07. The van der Waals surface area contributed by atoms with Crippen LogP contribution in [0.1, 0.15) is 27.8 Å². The second-order valence-corrected chi connectivity index (χ2v) is 14.7. The Morgan fingerprint density at radius 3 is 0.830 bits per heavy atom. The zero-order chi connectivity index (χ0) is 36.2. The molecule has 0 aromatic heterocycles. The molecule has 0 aliphatic carbocycles. The van der Waals surface area contributed by atoms with E-state index in [9.17, 15) is 0 Å². The third-order valence-corrected chi connectivity index (χ3v) is 10.6. The van der Waals surface area contributed by atoms with Crippen LogP contribution >= 0.6 is 0 Å². The van der Waals surface area contributed by atoms with E-state index in [2.05, 4.69) is 208 Å². The van der Waals surface area contributed by atoms with E-state index < -0.39 is 0 Å². The first-order valence-electron chi connectivity index (χ1n) is 18.5. The normalized spacial score (nSPS) is 11.5. The fourth-order valence-electron chi connectivity index (χ4n) is 8.14. The molecule has 0 saturated heterocycles. The SMILES string of the molecule is Cc1cc(N(c2cccc3cc(C)ccc23)c2cccc3cc(C)ccc23)cc(N(c2cccc3cc(C)ccc23)c2cccc3cc(C)ccc23)c1. The van der Waals surface area contributed by atoms with Gasteiger partial charge in [-0.1, -0.05) is 144 Å². The van der Waals surface area contributed by atoms with Crippen molar-refractivity contribution in [3.63, 3.8) is 0 Å². The summed E-state index contributed by atoms with van der Waals surface area (Å²) >= 11 is 0. The number of benzene rings is 9. The summed E-state index contributed by atoms with van der Waals surface area (Å²) in [5.41, 5.74) is 13.0.